The highest BCUT2D eigenvalue weighted by Gasteiger charge is 2.23. The van der Waals surface area contributed by atoms with Crippen molar-refractivity contribution in [2.75, 3.05) is 0 Å². The summed E-state index contributed by atoms with van der Waals surface area (Å²) in [6.45, 7) is 11.2. The number of esters is 1. The number of allylic oxidation sites excluding steroid dienone is 1. The Bertz CT molecular complexity index is 208. The van der Waals surface area contributed by atoms with Crippen molar-refractivity contribution >= 4 is 5.97 Å². The molecule has 0 unspecified atom stereocenters. The van der Waals surface area contributed by atoms with E-state index in [1.54, 1.807) is 0 Å². The van der Waals surface area contributed by atoms with E-state index in [9.17, 15) is 4.79 Å². The van der Waals surface area contributed by atoms with E-state index in [2.05, 4.69) is 0 Å². The molecule has 0 N–H and O–H groups in total. The second kappa shape index (κ2) is 3.74. The maximum atomic E-state index is 10.7. The summed E-state index contributed by atoms with van der Waals surface area (Å²) in [5, 5.41) is 0. The highest BCUT2D eigenvalue weighted by Crippen LogP contribution is 2.23. The van der Waals surface area contributed by atoms with Gasteiger partial charge in [0.05, 0.1) is 0 Å². The number of carbonyl (C=O) groups excluding carboxylic acids is 1. The summed E-state index contributed by atoms with van der Waals surface area (Å²) in [5.41, 5.74) is 1.84. The van der Waals surface area contributed by atoms with Crippen LogP contribution in [-0.2, 0) is 9.53 Å². The average molecular weight is 170 g/mol. The molecule has 0 atom stereocenters. The van der Waals surface area contributed by atoms with Crippen molar-refractivity contribution in [2.45, 2.75) is 47.1 Å². The topological polar surface area (TPSA) is 26.3 Å². The fourth-order valence-corrected chi connectivity index (χ4v) is 1.04. The van der Waals surface area contributed by atoms with E-state index in [0.717, 1.165) is 5.57 Å². The maximum absolute atomic E-state index is 10.7. The van der Waals surface area contributed by atoms with Gasteiger partial charge in [-0.15, -0.1) is 0 Å². The van der Waals surface area contributed by atoms with Crippen LogP contribution in [0.3, 0.4) is 0 Å². The first kappa shape index (κ1) is 11.2. The number of rotatable bonds is 2. The number of carbonyl (C=O) groups is 1. The van der Waals surface area contributed by atoms with Gasteiger partial charge in [0.1, 0.15) is 5.60 Å². The van der Waals surface area contributed by atoms with Crippen LogP contribution in [0, 0.1) is 0 Å². The zero-order chi connectivity index (χ0) is 9.94. The minimum absolute atomic E-state index is 0.236. The van der Waals surface area contributed by atoms with E-state index < -0.39 is 5.60 Å². The zero-order valence-corrected chi connectivity index (χ0v) is 8.82. The molecule has 0 amide bonds. The highest BCUT2D eigenvalue weighted by molar-refractivity contribution is 5.67. The zero-order valence-electron chi connectivity index (χ0n) is 8.82. The summed E-state index contributed by atoms with van der Waals surface area (Å²) in [7, 11) is 0. The quantitative estimate of drug-likeness (QED) is 0.470. The molecule has 0 saturated carbocycles. The van der Waals surface area contributed by atoms with E-state index in [0.29, 0.717) is 0 Å². The standard InChI is InChI=1S/C10H18O2/c1-7(2)8(3)10(5,6)12-9(4)11/h1-6H3. The van der Waals surface area contributed by atoms with Gasteiger partial charge >= 0.3 is 5.97 Å². The van der Waals surface area contributed by atoms with E-state index in [4.69, 9.17) is 4.74 Å². The molecule has 2 heteroatoms. The molecular formula is C10H18O2. The van der Waals surface area contributed by atoms with Gasteiger partial charge in [-0.3, -0.25) is 4.79 Å². The van der Waals surface area contributed by atoms with Gasteiger partial charge in [0.15, 0.2) is 0 Å². The van der Waals surface area contributed by atoms with Crippen LogP contribution in [-0.4, -0.2) is 11.6 Å². The molecular weight excluding hydrogens is 152 g/mol. The normalized spacial score (nSPS) is 10.8. The molecule has 0 fully saturated rings. The van der Waals surface area contributed by atoms with Crippen molar-refractivity contribution in [3.63, 3.8) is 0 Å². The molecule has 12 heavy (non-hydrogen) atoms. The Morgan fingerprint density at radius 3 is 1.75 bits per heavy atom. The number of hydrogen-bond acceptors (Lipinski definition) is 2. The van der Waals surface area contributed by atoms with Gasteiger partial charge in [-0.2, -0.15) is 0 Å². The first-order chi connectivity index (χ1) is 5.27. The van der Waals surface area contributed by atoms with Gasteiger partial charge in [0.2, 0.25) is 0 Å². The van der Waals surface area contributed by atoms with Crippen LogP contribution in [0.4, 0.5) is 0 Å². The third-order valence-electron chi connectivity index (χ3n) is 2.05. The second-order valence-corrected chi connectivity index (χ2v) is 3.73. The Kier molecular flexibility index (Phi) is 3.50. The van der Waals surface area contributed by atoms with Crippen LogP contribution in [0.2, 0.25) is 0 Å². The lowest BCUT2D eigenvalue weighted by Gasteiger charge is -2.26. The van der Waals surface area contributed by atoms with Crippen molar-refractivity contribution in [3.05, 3.63) is 11.1 Å². The summed E-state index contributed by atoms with van der Waals surface area (Å²) in [6.07, 6.45) is 0. The van der Waals surface area contributed by atoms with E-state index in [1.807, 2.05) is 34.6 Å². The minimum Gasteiger partial charge on any atom is -0.455 e. The van der Waals surface area contributed by atoms with Gasteiger partial charge < -0.3 is 4.74 Å². The molecule has 0 aliphatic carbocycles. The maximum Gasteiger partial charge on any atom is 0.303 e. The van der Waals surface area contributed by atoms with Gasteiger partial charge in [0.25, 0.3) is 0 Å². The minimum atomic E-state index is -0.468. The van der Waals surface area contributed by atoms with Crippen LogP contribution >= 0.6 is 0 Å². The summed E-state index contributed by atoms with van der Waals surface area (Å²) >= 11 is 0. The molecule has 0 aliphatic heterocycles. The van der Waals surface area contributed by atoms with Crippen LogP contribution in [0.1, 0.15) is 41.5 Å². The molecule has 0 bridgehead atoms. The number of hydrogen-bond donors (Lipinski definition) is 0. The molecule has 0 aromatic rings. The van der Waals surface area contributed by atoms with Gasteiger partial charge in [-0.1, -0.05) is 5.57 Å². The number of ether oxygens (including phenoxy) is 1. The summed E-state index contributed by atoms with van der Waals surface area (Å²) in [5.74, 6) is -0.236. The predicted molar refractivity (Wildman–Crippen MR) is 49.9 cm³/mol. The second-order valence-electron chi connectivity index (χ2n) is 3.73. The Labute approximate surface area is 74.6 Å². The Morgan fingerprint density at radius 2 is 1.50 bits per heavy atom. The Morgan fingerprint density at radius 1 is 1.08 bits per heavy atom. The van der Waals surface area contributed by atoms with Crippen molar-refractivity contribution in [3.8, 4) is 0 Å². The van der Waals surface area contributed by atoms with Gasteiger partial charge in [-0.05, 0) is 40.2 Å². The lowest BCUT2D eigenvalue weighted by atomic mass is 9.95. The van der Waals surface area contributed by atoms with Crippen molar-refractivity contribution in [1.82, 2.24) is 0 Å². The molecule has 0 rings (SSSR count). The van der Waals surface area contributed by atoms with Crippen molar-refractivity contribution in [1.29, 1.82) is 0 Å². The van der Waals surface area contributed by atoms with Gasteiger partial charge in [-0.25, -0.2) is 0 Å². The average Bonchev–Trinajstić information content (AvgIpc) is 1.82. The fraction of sp³-hybridized carbons (Fsp3) is 0.700. The largest absolute Gasteiger partial charge is 0.455 e. The molecule has 0 saturated heterocycles. The lowest BCUT2D eigenvalue weighted by molar-refractivity contribution is -0.150. The van der Waals surface area contributed by atoms with Crippen molar-refractivity contribution < 1.29 is 9.53 Å². The molecule has 0 aromatic carbocycles. The molecule has 70 valence electrons. The summed E-state index contributed by atoms with van der Waals surface area (Å²) in [6, 6.07) is 0. The van der Waals surface area contributed by atoms with Crippen LogP contribution < -0.4 is 0 Å². The fourth-order valence-electron chi connectivity index (χ4n) is 1.04. The Balaban J connectivity index is 4.62. The monoisotopic (exact) mass is 170 g/mol. The predicted octanol–water partition coefficient (Wildman–Crippen LogP) is 2.68. The SMILES string of the molecule is CC(=O)OC(C)(C)C(C)=C(C)C. The first-order valence-electron chi connectivity index (χ1n) is 4.11. The molecule has 0 heterocycles. The Hall–Kier alpha value is -0.790. The summed E-state index contributed by atoms with van der Waals surface area (Å²) < 4.78 is 5.16. The van der Waals surface area contributed by atoms with E-state index in [1.165, 1.54) is 12.5 Å². The third-order valence-corrected chi connectivity index (χ3v) is 2.05. The van der Waals surface area contributed by atoms with E-state index in [-0.39, 0.29) is 5.97 Å². The summed E-state index contributed by atoms with van der Waals surface area (Å²) in [4.78, 5) is 10.7. The molecule has 0 aliphatic rings. The molecule has 2 nitrogen and oxygen atoms in total. The van der Waals surface area contributed by atoms with Crippen LogP contribution in [0.5, 0.6) is 0 Å². The lowest BCUT2D eigenvalue weighted by Crippen LogP contribution is -2.28. The molecule has 0 radical (unpaired) electrons. The van der Waals surface area contributed by atoms with Crippen LogP contribution in [0.15, 0.2) is 11.1 Å². The van der Waals surface area contributed by atoms with Crippen LogP contribution in [0.25, 0.3) is 0 Å². The molecule has 0 aromatic heterocycles. The third kappa shape index (κ3) is 3.07. The van der Waals surface area contributed by atoms with Crippen molar-refractivity contribution in [2.24, 2.45) is 0 Å². The highest BCUT2D eigenvalue weighted by atomic mass is 16.6. The van der Waals surface area contributed by atoms with Gasteiger partial charge in [0, 0.05) is 6.92 Å². The van der Waals surface area contributed by atoms with E-state index >= 15 is 0 Å². The smallest absolute Gasteiger partial charge is 0.303 e. The molecule has 0 spiro atoms. The first-order valence-corrected chi connectivity index (χ1v) is 4.11.